The fourth-order valence-electron chi connectivity index (χ4n) is 2.58. The SMILES string of the molecule is CCCOC(C)CNC(=O)N1CCN(Cc2ccc(F)cc2)C(=O)C1. The highest BCUT2D eigenvalue weighted by Crippen LogP contribution is 2.11. The molecule has 2 rings (SSSR count). The minimum absolute atomic E-state index is 0.0528. The van der Waals surface area contributed by atoms with Crippen LogP contribution in [0.25, 0.3) is 0 Å². The predicted molar refractivity (Wildman–Crippen MR) is 92.5 cm³/mol. The minimum atomic E-state index is -0.297. The average molecular weight is 351 g/mol. The van der Waals surface area contributed by atoms with E-state index in [0.29, 0.717) is 32.8 Å². The van der Waals surface area contributed by atoms with Crippen molar-refractivity contribution in [1.82, 2.24) is 15.1 Å². The van der Waals surface area contributed by atoms with Crippen molar-refractivity contribution < 1.29 is 18.7 Å². The van der Waals surface area contributed by atoms with Gasteiger partial charge in [0.2, 0.25) is 5.91 Å². The Morgan fingerprint density at radius 3 is 2.68 bits per heavy atom. The zero-order valence-electron chi connectivity index (χ0n) is 14.8. The van der Waals surface area contributed by atoms with Crippen molar-refractivity contribution in [2.75, 3.05) is 32.8 Å². The Morgan fingerprint density at radius 2 is 2.04 bits per heavy atom. The third kappa shape index (κ3) is 6.01. The van der Waals surface area contributed by atoms with E-state index < -0.39 is 0 Å². The van der Waals surface area contributed by atoms with Crippen molar-refractivity contribution in [2.24, 2.45) is 0 Å². The van der Waals surface area contributed by atoms with E-state index in [1.807, 2.05) is 13.8 Å². The topological polar surface area (TPSA) is 61.9 Å². The lowest BCUT2D eigenvalue weighted by molar-refractivity contribution is -0.135. The molecule has 1 saturated heterocycles. The fraction of sp³-hybridized carbons (Fsp3) is 0.556. The Hall–Kier alpha value is -2.15. The number of nitrogens with one attached hydrogen (secondary N) is 1. The lowest BCUT2D eigenvalue weighted by Gasteiger charge is -2.34. The fourth-order valence-corrected chi connectivity index (χ4v) is 2.58. The summed E-state index contributed by atoms with van der Waals surface area (Å²) in [6, 6.07) is 5.84. The molecule has 25 heavy (non-hydrogen) atoms. The number of carbonyl (C=O) groups excluding carboxylic acids is 2. The molecular formula is C18H26FN3O3. The summed E-state index contributed by atoms with van der Waals surface area (Å²) in [5.41, 5.74) is 0.870. The summed E-state index contributed by atoms with van der Waals surface area (Å²) >= 11 is 0. The Labute approximate surface area is 147 Å². The second-order valence-electron chi connectivity index (χ2n) is 6.23. The number of halogens is 1. The van der Waals surface area contributed by atoms with Gasteiger partial charge in [0, 0.05) is 32.8 Å². The molecular weight excluding hydrogens is 325 g/mol. The quantitative estimate of drug-likeness (QED) is 0.817. The second-order valence-corrected chi connectivity index (χ2v) is 6.23. The van der Waals surface area contributed by atoms with Gasteiger partial charge in [0.1, 0.15) is 12.4 Å². The van der Waals surface area contributed by atoms with Crippen LogP contribution in [-0.2, 0) is 16.1 Å². The van der Waals surface area contributed by atoms with Crippen LogP contribution < -0.4 is 5.32 Å². The van der Waals surface area contributed by atoms with E-state index in [-0.39, 0.29) is 30.4 Å². The van der Waals surface area contributed by atoms with E-state index in [4.69, 9.17) is 4.74 Å². The molecule has 1 aromatic carbocycles. The number of hydrogen-bond donors (Lipinski definition) is 1. The summed E-state index contributed by atoms with van der Waals surface area (Å²) in [6.45, 7) is 6.44. The average Bonchev–Trinajstić information content (AvgIpc) is 2.61. The van der Waals surface area contributed by atoms with Gasteiger partial charge >= 0.3 is 6.03 Å². The highest BCUT2D eigenvalue weighted by Gasteiger charge is 2.27. The number of hydrogen-bond acceptors (Lipinski definition) is 3. The molecule has 1 N–H and O–H groups in total. The third-order valence-corrected chi connectivity index (χ3v) is 4.04. The van der Waals surface area contributed by atoms with Crippen LogP contribution >= 0.6 is 0 Å². The van der Waals surface area contributed by atoms with Gasteiger partial charge < -0.3 is 19.9 Å². The van der Waals surface area contributed by atoms with Crippen LogP contribution in [0.5, 0.6) is 0 Å². The van der Waals surface area contributed by atoms with Gasteiger partial charge in [0.15, 0.2) is 0 Å². The molecule has 0 radical (unpaired) electrons. The lowest BCUT2D eigenvalue weighted by atomic mass is 10.2. The molecule has 0 bridgehead atoms. The van der Waals surface area contributed by atoms with E-state index in [0.717, 1.165) is 12.0 Å². The first-order valence-corrected chi connectivity index (χ1v) is 8.66. The van der Waals surface area contributed by atoms with E-state index in [9.17, 15) is 14.0 Å². The Morgan fingerprint density at radius 1 is 1.32 bits per heavy atom. The molecule has 1 fully saturated rings. The monoisotopic (exact) mass is 351 g/mol. The Balaban J connectivity index is 1.77. The molecule has 1 heterocycles. The first-order chi connectivity index (χ1) is 12.0. The number of benzene rings is 1. The third-order valence-electron chi connectivity index (χ3n) is 4.04. The van der Waals surface area contributed by atoms with Crippen LogP contribution in [0, 0.1) is 5.82 Å². The van der Waals surface area contributed by atoms with Gasteiger partial charge in [-0.05, 0) is 31.0 Å². The van der Waals surface area contributed by atoms with Crippen LogP contribution in [0.4, 0.5) is 9.18 Å². The Bertz CT molecular complexity index is 579. The van der Waals surface area contributed by atoms with E-state index in [1.54, 1.807) is 17.0 Å². The van der Waals surface area contributed by atoms with Gasteiger partial charge in [0.05, 0.1) is 6.10 Å². The molecule has 1 aromatic rings. The Kier molecular flexibility index (Phi) is 7.18. The zero-order valence-corrected chi connectivity index (χ0v) is 14.8. The van der Waals surface area contributed by atoms with Crippen LogP contribution in [-0.4, -0.2) is 60.6 Å². The van der Waals surface area contributed by atoms with Gasteiger partial charge in [-0.25, -0.2) is 9.18 Å². The molecule has 0 spiro atoms. The van der Waals surface area contributed by atoms with Gasteiger partial charge in [-0.15, -0.1) is 0 Å². The number of rotatable bonds is 7. The number of ether oxygens (including phenoxy) is 1. The largest absolute Gasteiger partial charge is 0.377 e. The van der Waals surface area contributed by atoms with Crippen molar-refractivity contribution in [3.63, 3.8) is 0 Å². The number of amides is 3. The van der Waals surface area contributed by atoms with Crippen molar-refractivity contribution in [1.29, 1.82) is 0 Å². The van der Waals surface area contributed by atoms with Gasteiger partial charge in [-0.1, -0.05) is 19.1 Å². The summed E-state index contributed by atoms with van der Waals surface area (Å²) in [7, 11) is 0. The number of urea groups is 1. The summed E-state index contributed by atoms with van der Waals surface area (Å²) < 4.78 is 18.4. The molecule has 6 nitrogen and oxygen atoms in total. The summed E-state index contributed by atoms with van der Waals surface area (Å²) in [4.78, 5) is 27.6. The first kappa shape index (κ1) is 19.2. The standard InChI is InChI=1S/C18H26FN3O3/c1-3-10-25-14(2)11-20-18(24)22-9-8-21(17(23)13-22)12-15-4-6-16(19)7-5-15/h4-7,14H,3,8-13H2,1-2H3,(H,20,24). The van der Waals surface area contributed by atoms with Crippen LogP contribution in [0.3, 0.4) is 0 Å². The van der Waals surface area contributed by atoms with Crippen molar-refractivity contribution in [3.05, 3.63) is 35.6 Å². The molecule has 3 amide bonds. The molecule has 0 aromatic heterocycles. The van der Waals surface area contributed by atoms with Gasteiger partial charge in [-0.2, -0.15) is 0 Å². The molecule has 7 heteroatoms. The number of nitrogens with zero attached hydrogens (tertiary/aromatic N) is 2. The molecule has 1 aliphatic rings. The smallest absolute Gasteiger partial charge is 0.318 e. The molecule has 1 aliphatic heterocycles. The normalized spacial score (nSPS) is 16.0. The number of carbonyl (C=O) groups is 2. The van der Waals surface area contributed by atoms with Crippen molar-refractivity contribution in [3.8, 4) is 0 Å². The molecule has 0 saturated carbocycles. The molecule has 1 unspecified atom stereocenters. The van der Waals surface area contributed by atoms with Gasteiger partial charge in [0.25, 0.3) is 0 Å². The van der Waals surface area contributed by atoms with Crippen LogP contribution in [0.2, 0.25) is 0 Å². The summed E-state index contributed by atoms with van der Waals surface area (Å²) in [6.07, 6.45) is 0.877. The molecule has 138 valence electrons. The maximum atomic E-state index is 12.9. The first-order valence-electron chi connectivity index (χ1n) is 8.66. The molecule has 1 atom stereocenters. The minimum Gasteiger partial charge on any atom is -0.377 e. The van der Waals surface area contributed by atoms with E-state index in [2.05, 4.69) is 5.32 Å². The highest BCUT2D eigenvalue weighted by molar-refractivity contribution is 5.85. The van der Waals surface area contributed by atoms with Crippen LogP contribution in [0.1, 0.15) is 25.8 Å². The molecule has 0 aliphatic carbocycles. The maximum absolute atomic E-state index is 12.9. The summed E-state index contributed by atoms with van der Waals surface area (Å²) in [5.74, 6) is -0.408. The lowest BCUT2D eigenvalue weighted by Crippen LogP contribution is -2.54. The maximum Gasteiger partial charge on any atom is 0.318 e. The van der Waals surface area contributed by atoms with Crippen molar-refractivity contribution in [2.45, 2.75) is 32.9 Å². The zero-order chi connectivity index (χ0) is 18.2. The van der Waals surface area contributed by atoms with Crippen molar-refractivity contribution >= 4 is 11.9 Å². The predicted octanol–water partition coefficient (Wildman–Crippen LogP) is 1.99. The second kappa shape index (κ2) is 9.36. The highest BCUT2D eigenvalue weighted by atomic mass is 19.1. The van der Waals surface area contributed by atoms with E-state index >= 15 is 0 Å². The van der Waals surface area contributed by atoms with Gasteiger partial charge in [-0.3, -0.25) is 4.79 Å². The summed E-state index contributed by atoms with van der Waals surface area (Å²) in [5, 5.41) is 2.80. The number of piperazine rings is 1. The van der Waals surface area contributed by atoms with Crippen LogP contribution in [0.15, 0.2) is 24.3 Å². The van der Waals surface area contributed by atoms with E-state index in [1.165, 1.54) is 17.0 Å².